The number of piperazine rings is 1. The monoisotopic (exact) mass is 414 g/mol. The van der Waals surface area contributed by atoms with Gasteiger partial charge in [0.1, 0.15) is 11.3 Å². The second kappa shape index (κ2) is 7.81. The highest BCUT2D eigenvalue weighted by Crippen LogP contribution is 2.34. The van der Waals surface area contributed by atoms with Crippen molar-refractivity contribution in [2.24, 2.45) is 10.7 Å². The summed E-state index contributed by atoms with van der Waals surface area (Å²) in [5.74, 6) is 0.848. The minimum atomic E-state index is -4.48. The number of fused-ring (bicyclic) bond motifs is 1. The van der Waals surface area contributed by atoms with Crippen LogP contribution >= 0.6 is 0 Å². The highest BCUT2D eigenvalue weighted by molar-refractivity contribution is 5.82. The van der Waals surface area contributed by atoms with E-state index in [-0.39, 0.29) is 11.0 Å². The van der Waals surface area contributed by atoms with Crippen LogP contribution in [0.1, 0.15) is 11.1 Å². The van der Waals surface area contributed by atoms with Gasteiger partial charge in [0.15, 0.2) is 5.96 Å². The van der Waals surface area contributed by atoms with Gasteiger partial charge in [-0.1, -0.05) is 24.3 Å². The second-order valence-electron chi connectivity index (χ2n) is 7.13. The van der Waals surface area contributed by atoms with Crippen LogP contribution in [0.25, 0.3) is 11.0 Å². The van der Waals surface area contributed by atoms with Gasteiger partial charge in [0, 0.05) is 26.2 Å². The Morgan fingerprint density at radius 3 is 2.47 bits per heavy atom. The lowest BCUT2D eigenvalue weighted by atomic mass is 10.1. The number of aryl methyl sites for hydroxylation is 1. The largest absolute Gasteiger partial charge is 0.418 e. The highest BCUT2D eigenvalue weighted by Gasteiger charge is 2.33. The zero-order valence-corrected chi connectivity index (χ0v) is 16.4. The maximum atomic E-state index is 13.3. The molecular weight excluding hydrogens is 393 g/mol. The SMILES string of the molecule is Cc1ccccc1N=C(N)N1CCN(c2cnc3cccc(C(F)(F)F)c3n2)CC1. The minimum absolute atomic E-state index is 0.134. The molecule has 1 fully saturated rings. The van der Waals surface area contributed by atoms with Gasteiger partial charge in [0.05, 0.1) is 23.0 Å². The molecule has 0 aliphatic carbocycles. The van der Waals surface area contributed by atoms with Crippen molar-refractivity contribution in [3.8, 4) is 0 Å². The number of benzene rings is 2. The molecule has 4 rings (SSSR count). The van der Waals surface area contributed by atoms with E-state index in [4.69, 9.17) is 5.73 Å². The van der Waals surface area contributed by atoms with E-state index in [1.54, 1.807) is 0 Å². The van der Waals surface area contributed by atoms with E-state index in [1.165, 1.54) is 18.3 Å². The molecular formula is C21H21F3N6. The van der Waals surface area contributed by atoms with E-state index in [0.29, 0.717) is 38.0 Å². The molecule has 2 heterocycles. The van der Waals surface area contributed by atoms with Crippen molar-refractivity contribution in [3.63, 3.8) is 0 Å². The summed E-state index contributed by atoms with van der Waals surface area (Å²) in [6, 6.07) is 11.6. The molecule has 0 saturated carbocycles. The third-order valence-corrected chi connectivity index (χ3v) is 5.14. The number of hydrogen-bond donors (Lipinski definition) is 1. The highest BCUT2D eigenvalue weighted by atomic mass is 19.4. The second-order valence-corrected chi connectivity index (χ2v) is 7.13. The molecule has 1 aliphatic rings. The number of halogens is 3. The summed E-state index contributed by atoms with van der Waals surface area (Å²) in [6.07, 6.45) is -2.96. The minimum Gasteiger partial charge on any atom is -0.369 e. The number of nitrogens with zero attached hydrogens (tertiary/aromatic N) is 5. The van der Waals surface area contributed by atoms with Crippen LogP contribution in [0.15, 0.2) is 53.7 Å². The van der Waals surface area contributed by atoms with Crippen LogP contribution in [-0.4, -0.2) is 47.0 Å². The van der Waals surface area contributed by atoms with Crippen LogP contribution in [0.2, 0.25) is 0 Å². The first kappa shape index (κ1) is 19.9. The fourth-order valence-corrected chi connectivity index (χ4v) is 3.45. The molecule has 6 nitrogen and oxygen atoms in total. The Morgan fingerprint density at radius 2 is 1.77 bits per heavy atom. The fraction of sp³-hybridized carbons (Fsp3) is 0.286. The van der Waals surface area contributed by atoms with Gasteiger partial charge in [-0.3, -0.25) is 4.98 Å². The molecule has 0 unspecified atom stereocenters. The first-order chi connectivity index (χ1) is 14.3. The summed E-state index contributed by atoms with van der Waals surface area (Å²) < 4.78 is 40.0. The first-order valence-corrected chi connectivity index (χ1v) is 9.55. The normalized spacial score (nSPS) is 15.7. The predicted octanol–water partition coefficient (Wildman–Crippen LogP) is 3.73. The number of nitrogens with two attached hydrogens (primary N) is 1. The van der Waals surface area contributed by atoms with Crippen molar-refractivity contribution in [2.45, 2.75) is 13.1 Å². The summed E-state index contributed by atoms with van der Waals surface area (Å²) in [6.45, 7) is 4.25. The molecule has 156 valence electrons. The number of aromatic nitrogens is 2. The van der Waals surface area contributed by atoms with E-state index in [9.17, 15) is 13.2 Å². The zero-order chi connectivity index (χ0) is 21.3. The fourth-order valence-electron chi connectivity index (χ4n) is 3.45. The van der Waals surface area contributed by atoms with E-state index >= 15 is 0 Å². The molecule has 0 radical (unpaired) electrons. The van der Waals surface area contributed by atoms with Crippen molar-refractivity contribution >= 4 is 28.5 Å². The zero-order valence-electron chi connectivity index (χ0n) is 16.4. The maximum Gasteiger partial charge on any atom is 0.418 e. The average Bonchev–Trinajstić information content (AvgIpc) is 2.74. The van der Waals surface area contributed by atoms with Gasteiger partial charge >= 0.3 is 6.18 Å². The summed E-state index contributed by atoms with van der Waals surface area (Å²) in [5, 5.41) is 0. The lowest BCUT2D eigenvalue weighted by Crippen LogP contribution is -2.51. The van der Waals surface area contributed by atoms with E-state index < -0.39 is 11.7 Å². The third kappa shape index (κ3) is 4.00. The number of aliphatic imine (C=N–C) groups is 1. The van der Waals surface area contributed by atoms with Gasteiger partial charge in [0.25, 0.3) is 0 Å². The first-order valence-electron chi connectivity index (χ1n) is 9.55. The van der Waals surface area contributed by atoms with Gasteiger partial charge in [-0.25, -0.2) is 9.98 Å². The van der Waals surface area contributed by atoms with Crippen molar-refractivity contribution in [1.29, 1.82) is 0 Å². The van der Waals surface area contributed by atoms with Gasteiger partial charge in [-0.2, -0.15) is 13.2 Å². The summed E-state index contributed by atoms with van der Waals surface area (Å²) in [5.41, 5.74) is 7.35. The van der Waals surface area contributed by atoms with Crippen LogP contribution in [0.4, 0.5) is 24.7 Å². The van der Waals surface area contributed by atoms with Crippen molar-refractivity contribution in [2.75, 3.05) is 31.1 Å². The number of anilines is 1. The van der Waals surface area contributed by atoms with Crippen LogP contribution in [0.3, 0.4) is 0 Å². The van der Waals surface area contributed by atoms with Gasteiger partial charge in [0.2, 0.25) is 0 Å². The molecule has 1 aromatic heterocycles. The topological polar surface area (TPSA) is 70.6 Å². The smallest absolute Gasteiger partial charge is 0.369 e. The molecule has 0 bridgehead atoms. The van der Waals surface area contributed by atoms with Gasteiger partial charge in [-0.15, -0.1) is 0 Å². The molecule has 9 heteroatoms. The summed E-state index contributed by atoms with van der Waals surface area (Å²) in [7, 11) is 0. The Labute approximate surface area is 171 Å². The lowest BCUT2D eigenvalue weighted by molar-refractivity contribution is -0.136. The predicted molar refractivity (Wildman–Crippen MR) is 111 cm³/mol. The Hall–Kier alpha value is -3.36. The van der Waals surface area contributed by atoms with Gasteiger partial charge < -0.3 is 15.5 Å². The van der Waals surface area contributed by atoms with E-state index in [1.807, 2.05) is 41.0 Å². The molecule has 0 amide bonds. The van der Waals surface area contributed by atoms with Crippen molar-refractivity contribution in [3.05, 3.63) is 59.8 Å². The molecule has 30 heavy (non-hydrogen) atoms. The van der Waals surface area contributed by atoms with Crippen LogP contribution in [0.5, 0.6) is 0 Å². The Kier molecular flexibility index (Phi) is 5.19. The third-order valence-electron chi connectivity index (χ3n) is 5.14. The summed E-state index contributed by atoms with van der Waals surface area (Å²) in [4.78, 5) is 16.8. The molecule has 3 aromatic rings. The Bertz CT molecular complexity index is 1090. The number of para-hydroxylation sites is 2. The number of alkyl halides is 3. The lowest BCUT2D eigenvalue weighted by Gasteiger charge is -2.35. The standard InChI is InChI=1S/C21H21F3N6/c1-14-5-2-3-7-16(14)27-20(25)30-11-9-29(10-12-30)18-13-26-17-8-4-6-15(19(17)28-18)21(22,23)24/h2-8,13H,9-12H2,1H3,(H2,25,27). The molecule has 0 atom stereocenters. The molecule has 2 N–H and O–H groups in total. The maximum absolute atomic E-state index is 13.3. The van der Waals surface area contributed by atoms with Crippen molar-refractivity contribution in [1.82, 2.24) is 14.9 Å². The van der Waals surface area contributed by atoms with Crippen molar-refractivity contribution < 1.29 is 13.2 Å². The van der Waals surface area contributed by atoms with Crippen LogP contribution in [-0.2, 0) is 6.18 Å². The van der Waals surface area contributed by atoms with E-state index in [0.717, 1.165) is 17.3 Å². The molecule has 1 saturated heterocycles. The number of hydrogen-bond acceptors (Lipinski definition) is 4. The Balaban J connectivity index is 1.52. The quantitative estimate of drug-likeness (QED) is 0.511. The van der Waals surface area contributed by atoms with Crippen LogP contribution in [0, 0.1) is 6.92 Å². The molecule has 2 aromatic carbocycles. The Morgan fingerprint density at radius 1 is 1.03 bits per heavy atom. The number of guanidine groups is 1. The average molecular weight is 414 g/mol. The molecule has 1 aliphatic heterocycles. The van der Waals surface area contributed by atoms with E-state index in [2.05, 4.69) is 15.0 Å². The van der Waals surface area contributed by atoms with Gasteiger partial charge in [-0.05, 0) is 30.7 Å². The molecule has 0 spiro atoms. The summed E-state index contributed by atoms with van der Waals surface area (Å²) >= 11 is 0. The number of rotatable bonds is 2. The van der Waals surface area contributed by atoms with Crippen LogP contribution < -0.4 is 10.6 Å².